The van der Waals surface area contributed by atoms with E-state index in [4.69, 9.17) is 5.73 Å². The van der Waals surface area contributed by atoms with Crippen LogP contribution in [0.2, 0.25) is 0 Å². The highest BCUT2D eigenvalue weighted by Gasteiger charge is 2.36. The van der Waals surface area contributed by atoms with E-state index in [2.05, 4.69) is 49.5 Å². The molecule has 26 heteroatoms. The van der Waals surface area contributed by atoms with E-state index in [1.165, 1.54) is 24.3 Å². The molecule has 72 heavy (non-hydrogen) atoms. The maximum absolute atomic E-state index is 14.0. The Morgan fingerprint density at radius 2 is 1.03 bits per heavy atom. The number of phenolic OH excluding ortho intramolecular Hbond substituents is 1. The van der Waals surface area contributed by atoms with Crippen molar-refractivity contribution in [2.24, 2.45) is 5.73 Å². The Bertz CT molecular complexity index is 2020. The highest BCUT2D eigenvalue weighted by molar-refractivity contribution is 5.99. The third-order valence-corrected chi connectivity index (χ3v) is 11.5. The molecule has 1 aromatic carbocycles. The Labute approximate surface area is 415 Å². The highest BCUT2D eigenvalue weighted by Crippen LogP contribution is 2.15. The summed E-state index contributed by atoms with van der Waals surface area (Å²) in [6.07, 6.45) is 2.32. The number of carboxylic acid groups (broad SMARTS) is 2. The molecule has 0 aromatic heterocycles. The number of primary amides is 1. The molecule has 9 atom stereocenters. The Kier molecular flexibility index (Phi) is 27.3. The molecular formula is C46H71N9O17. The van der Waals surface area contributed by atoms with Crippen LogP contribution in [0, 0.1) is 0 Å². The lowest BCUT2D eigenvalue weighted by atomic mass is 10.0. The number of nitrogens with two attached hydrogens (primary N) is 1. The van der Waals surface area contributed by atoms with Crippen LogP contribution >= 0.6 is 0 Å². The van der Waals surface area contributed by atoms with Crippen molar-refractivity contribution in [1.29, 1.82) is 0 Å². The van der Waals surface area contributed by atoms with Crippen LogP contribution in [0.3, 0.4) is 0 Å². The Morgan fingerprint density at radius 3 is 1.54 bits per heavy atom. The second-order valence-corrected chi connectivity index (χ2v) is 17.6. The third kappa shape index (κ3) is 22.9. The topological polar surface area (TPSA) is 431 Å². The fourth-order valence-corrected chi connectivity index (χ4v) is 7.51. The van der Waals surface area contributed by atoms with Crippen molar-refractivity contribution >= 4 is 65.1 Å². The summed E-state index contributed by atoms with van der Waals surface area (Å²) in [4.78, 5) is 146. The smallest absolute Gasteiger partial charge is 0.305 e. The lowest BCUT2D eigenvalue weighted by molar-refractivity contribution is -0.141. The van der Waals surface area contributed by atoms with Gasteiger partial charge in [-0.1, -0.05) is 76.8 Å². The molecule has 1 heterocycles. The number of rotatable bonds is 22. The fourth-order valence-electron chi connectivity index (χ4n) is 7.51. The van der Waals surface area contributed by atoms with Gasteiger partial charge in [-0.15, -0.1) is 0 Å². The zero-order valence-corrected chi connectivity index (χ0v) is 40.5. The van der Waals surface area contributed by atoms with Crippen LogP contribution in [0.4, 0.5) is 0 Å². The molecule has 1 fully saturated rings. The van der Waals surface area contributed by atoms with Gasteiger partial charge in [0.25, 0.3) is 0 Å². The Morgan fingerprint density at radius 1 is 0.569 bits per heavy atom. The van der Waals surface area contributed by atoms with Crippen LogP contribution in [0.5, 0.6) is 5.75 Å². The van der Waals surface area contributed by atoms with Crippen molar-refractivity contribution in [3.8, 4) is 5.75 Å². The molecule has 0 spiro atoms. The third-order valence-electron chi connectivity index (χ3n) is 11.5. The molecule has 1 aromatic rings. The summed E-state index contributed by atoms with van der Waals surface area (Å²) in [5, 5.41) is 78.1. The first kappa shape index (κ1) is 61.2. The standard InChI is InChI=1S/C46H71N9O17/c1-3-4-5-6-7-8-9-10-11-12-27-20-36(61)49-32(22-38(64)65)43(69)51-30(19-26-13-15-28(59)16-14-26)41(67)52-31(21-35(47)60)42(68)54-33(23-56)44(70)50-29(17-18-37(62)63)40(66)53-34(24-57)45(71)55-39(25(2)58)46(72)48-27/h13-16,25,27,29-34,39,56-59H,3-12,17-24H2,1-2H3,(H2,47,60)(H,48,72)(H,49,61)(H,50,70)(H,51,69)(H,52,67)(H,53,66)(H,54,68)(H,55,71)(H,62,63)(H,64,65). The molecule has 9 unspecified atom stereocenters. The van der Waals surface area contributed by atoms with Crippen molar-refractivity contribution in [2.75, 3.05) is 13.2 Å². The molecule has 1 aliphatic rings. The number of hydrogen-bond donors (Lipinski definition) is 15. The monoisotopic (exact) mass is 1020 g/mol. The highest BCUT2D eigenvalue weighted by atomic mass is 16.4. The van der Waals surface area contributed by atoms with Crippen molar-refractivity contribution in [2.45, 2.75) is 171 Å². The van der Waals surface area contributed by atoms with Crippen LogP contribution in [0.25, 0.3) is 0 Å². The number of benzene rings is 1. The number of carboxylic acids is 2. The number of nitrogens with one attached hydrogen (secondary N) is 8. The number of aromatic hydroxyl groups is 1. The number of aliphatic hydroxyl groups excluding tert-OH is 3. The van der Waals surface area contributed by atoms with Gasteiger partial charge in [0.2, 0.25) is 53.2 Å². The first-order chi connectivity index (χ1) is 34.1. The van der Waals surface area contributed by atoms with Gasteiger partial charge >= 0.3 is 11.9 Å². The Balaban J connectivity index is 2.71. The number of unbranched alkanes of at least 4 members (excludes halogenated alkanes) is 8. The molecule has 0 saturated carbocycles. The predicted octanol–water partition coefficient (Wildman–Crippen LogP) is -3.28. The van der Waals surface area contributed by atoms with Gasteiger partial charge in [-0.2, -0.15) is 0 Å². The van der Waals surface area contributed by atoms with E-state index in [0.29, 0.717) is 12.8 Å². The number of aliphatic hydroxyl groups is 3. The second kappa shape index (κ2) is 32.1. The maximum Gasteiger partial charge on any atom is 0.305 e. The number of carbonyl (C=O) groups excluding carboxylic acids is 9. The number of amides is 9. The van der Waals surface area contributed by atoms with Gasteiger partial charge < -0.3 is 78.9 Å². The lowest BCUT2D eigenvalue weighted by Gasteiger charge is -2.28. The van der Waals surface area contributed by atoms with Gasteiger partial charge in [-0.05, 0) is 37.5 Å². The number of carbonyl (C=O) groups is 11. The molecule has 9 amide bonds. The van der Waals surface area contributed by atoms with Crippen LogP contribution in [-0.2, 0) is 59.2 Å². The average molecular weight is 1020 g/mol. The molecule has 1 saturated heterocycles. The summed E-state index contributed by atoms with van der Waals surface area (Å²) in [6, 6.07) is -8.95. The lowest BCUT2D eigenvalue weighted by Crippen LogP contribution is -2.62. The van der Waals surface area contributed by atoms with Gasteiger partial charge in [0, 0.05) is 25.3 Å². The number of phenols is 1. The number of hydrogen-bond acceptors (Lipinski definition) is 15. The quantitative estimate of drug-likeness (QED) is 0.0506. The van der Waals surface area contributed by atoms with Gasteiger partial charge in [-0.25, -0.2) is 0 Å². The molecule has 0 radical (unpaired) electrons. The molecule has 0 aliphatic carbocycles. The molecule has 0 bridgehead atoms. The molecule has 402 valence electrons. The first-order valence-corrected chi connectivity index (χ1v) is 23.9. The molecule has 26 nitrogen and oxygen atoms in total. The average Bonchev–Trinajstić information content (AvgIpc) is 3.31. The summed E-state index contributed by atoms with van der Waals surface area (Å²) in [5.74, 6) is -14.0. The molecular weight excluding hydrogens is 951 g/mol. The molecule has 2 rings (SSSR count). The van der Waals surface area contributed by atoms with Crippen molar-refractivity contribution < 1.29 is 83.4 Å². The minimum atomic E-state index is -1.99. The van der Waals surface area contributed by atoms with E-state index in [0.717, 1.165) is 51.9 Å². The Hall–Kier alpha value is -6.93. The SMILES string of the molecule is CCCCCCCCCCCC1CC(=O)NC(CC(=O)O)C(=O)NC(Cc2ccc(O)cc2)C(=O)NC(CC(N)=O)C(=O)NC(CO)C(=O)NC(CCC(=O)O)C(=O)NC(CO)C(=O)NC(C(C)O)C(=O)N1. The summed E-state index contributed by atoms with van der Waals surface area (Å²) in [5.41, 5.74) is 5.67. The van der Waals surface area contributed by atoms with Gasteiger partial charge in [0.15, 0.2) is 0 Å². The minimum absolute atomic E-state index is 0.135. The van der Waals surface area contributed by atoms with E-state index in [1.807, 2.05) is 0 Å². The van der Waals surface area contributed by atoms with Crippen molar-refractivity contribution in [3.63, 3.8) is 0 Å². The predicted molar refractivity (Wildman–Crippen MR) is 253 cm³/mol. The zero-order chi connectivity index (χ0) is 53.9. The van der Waals surface area contributed by atoms with Crippen LogP contribution < -0.4 is 48.3 Å². The van der Waals surface area contributed by atoms with Gasteiger partial charge in [-0.3, -0.25) is 52.7 Å². The second-order valence-electron chi connectivity index (χ2n) is 17.6. The van der Waals surface area contributed by atoms with E-state index in [1.54, 1.807) is 0 Å². The van der Waals surface area contributed by atoms with Crippen LogP contribution in [0.1, 0.15) is 116 Å². The van der Waals surface area contributed by atoms with E-state index >= 15 is 0 Å². The van der Waals surface area contributed by atoms with Gasteiger partial charge in [0.05, 0.1) is 32.2 Å². The first-order valence-electron chi connectivity index (χ1n) is 23.9. The summed E-state index contributed by atoms with van der Waals surface area (Å²) < 4.78 is 0. The van der Waals surface area contributed by atoms with E-state index in [-0.39, 0.29) is 17.7 Å². The fraction of sp³-hybridized carbons (Fsp3) is 0.630. The van der Waals surface area contributed by atoms with Crippen LogP contribution in [-0.4, -0.2) is 163 Å². The maximum atomic E-state index is 14.0. The van der Waals surface area contributed by atoms with E-state index < -0.39 is 171 Å². The summed E-state index contributed by atoms with van der Waals surface area (Å²) >= 11 is 0. The van der Waals surface area contributed by atoms with Crippen molar-refractivity contribution in [1.82, 2.24) is 42.5 Å². The normalized spacial score (nSPS) is 24.0. The zero-order valence-electron chi connectivity index (χ0n) is 40.5. The summed E-state index contributed by atoms with van der Waals surface area (Å²) in [6.45, 7) is 0.889. The summed E-state index contributed by atoms with van der Waals surface area (Å²) in [7, 11) is 0. The number of aliphatic carboxylic acids is 2. The van der Waals surface area contributed by atoms with Gasteiger partial charge in [0.1, 0.15) is 48.0 Å². The van der Waals surface area contributed by atoms with Crippen molar-refractivity contribution in [3.05, 3.63) is 29.8 Å². The largest absolute Gasteiger partial charge is 0.508 e. The minimum Gasteiger partial charge on any atom is -0.508 e. The molecule has 1 aliphatic heterocycles. The van der Waals surface area contributed by atoms with E-state index in [9.17, 15) is 83.4 Å². The van der Waals surface area contributed by atoms with Crippen LogP contribution in [0.15, 0.2) is 24.3 Å². The molecule has 16 N–H and O–H groups in total.